The lowest BCUT2D eigenvalue weighted by Gasteiger charge is -2.19. The van der Waals surface area contributed by atoms with Gasteiger partial charge in [0, 0.05) is 18.8 Å². The van der Waals surface area contributed by atoms with E-state index >= 15 is 0 Å². The van der Waals surface area contributed by atoms with Gasteiger partial charge in [0.05, 0.1) is 5.69 Å². The average Bonchev–Trinajstić information content (AvgIpc) is 2.41. The lowest BCUT2D eigenvalue weighted by molar-refractivity contribution is -0.160. The lowest BCUT2D eigenvalue weighted by Crippen LogP contribution is -2.26. The first-order chi connectivity index (χ1) is 10.8. The van der Waals surface area contributed by atoms with Gasteiger partial charge in [0.15, 0.2) is 0 Å². The van der Waals surface area contributed by atoms with E-state index in [2.05, 4.69) is 5.32 Å². The summed E-state index contributed by atoms with van der Waals surface area (Å²) < 4.78 is 23.9. The Morgan fingerprint density at radius 1 is 1.26 bits per heavy atom. The number of nitrogens with one attached hydrogen (secondary N) is 1. The predicted octanol–water partition coefficient (Wildman–Crippen LogP) is 3.35. The largest absolute Gasteiger partial charge is 0.458 e. The smallest absolute Gasteiger partial charge is 0.332 e. The Kier molecular flexibility index (Phi) is 7.81. The first-order valence-corrected chi connectivity index (χ1v) is 7.86. The van der Waals surface area contributed by atoms with Crippen molar-refractivity contribution in [2.75, 3.05) is 30.8 Å². The van der Waals surface area contributed by atoms with Gasteiger partial charge in [0.1, 0.15) is 18.0 Å². The summed E-state index contributed by atoms with van der Waals surface area (Å²) in [4.78, 5) is 11.4. The molecule has 3 N–H and O–H groups in total. The van der Waals surface area contributed by atoms with Crippen molar-refractivity contribution >= 4 is 17.3 Å². The molecule has 0 amide bonds. The van der Waals surface area contributed by atoms with E-state index < -0.39 is 5.60 Å². The summed E-state index contributed by atoms with van der Waals surface area (Å²) in [5.74, 6) is -0.691. The number of ether oxygens (including phenoxy) is 2. The van der Waals surface area contributed by atoms with Gasteiger partial charge >= 0.3 is 5.97 Å². The zero-order valence-corrected chi connectivity index (χ0v) is 14.2. The minimum Gasteiger partial charge on any atom is -0.458 e. The molecule has 0 atom stereocenters. The highest BCUT2D eigenvalue weighted by Gasteiger charge is 2.15. The molecule has 1 aromatic carbocycles. The second kappa shape index (κ2) is 9.35. The third-order valence-corrected chi connectivity index (χ3v) is 2.91. The quantitative estimate of drug-likeness (QED) is 0.413. The molecule has 0 aliphatic carbocycles. The van der Waals surface area contributed by atoms with Crippen LogP contribution in [0.3, 0.4) is 0 Å². The fourth-order valence-electron chi connectivity index (χ4n) is 1.93. The van der Waals surface area contributed by atoms with Gasteiger partial charge < -0.3 is 20.5 Å². The molecule has 0 aliphatic rings. The zero-order valence-electron chi connectivity index (χ0n) is 14.2. The van der Waals surface area contributed by atoms with Crippen LogP contribution in [0.5, 0.6) is 0 Å². The molecular formula is C17H27FN2O3. The summed E-state index contributed by atoms with van der Waals surface area (Å²) in [6, 6.07) is 4.59. The number of anilines is 2. The molecule has 1 rings (SSSR count). The van der Waals surface area contributed by atoms with Crippen LogP contribution in [0, 0.1) is 5.82 Å². The van der Waals surface area contributed by atoms with Crippen molar-refractivity contribution < 1.29 is 18.7 Å². The van der Waals surface area contributed by atoms with Crippen LogP contribution in [0.25, 0.3) is 0 Å². The highest BCUT2D eigenvalue weighted by atomic mass is 19.1. The van der Waals surface area contributed by atoms with Crippen LogP contribution in [0.1, 0.15) is 40.0 Å². The van der Waals surface area contributed by atoms with Crippen LogP contribution >= 0.6 is 0 Å². The van der Waals surface area contributed by atoms with E-state index in [0.717, 1.165) is 19.3 Å². The maximum absolute atomic E-state index is 13.5. The Balaban J connectivity index is 2.02. The van der Waals surface area contributed by atoms with E-state index in [1.807, 2.05) is 20.8 Å². The summed E-state index contributed by atoms with van der Waals surface area (Å²) in [6.45, 7) is 6.62. The predicted molar refractivity (Wildman–Crippen MR) is 89.8 cm³/mol. The topological polar surface area (TPSA) is 73.6 Å². The van der Waals surface area contributed by atoms with Gasteiger partial charge in [-0.3, -0.25) is 0 Å². The molecule has 0 aliphatic heterocycles. The molecule has 0 unspecified atom stereocenters. The highest BCUT2D eigenvalue weighted by molar-refractivity contribution is 5.71. The molecule has 23 heavy (non-hydrogen) atoms. The molecular weight excluding hydrogens is 299 g/mol. The number of nitrogens with two attached hydrogens (primary N) is 1. The van der Waals surface area contributed by atoms with Crippen molar-refractivity contribution in [3.63, 3.8) is 0 Å². The molecule has 0 fully saturated rings. The molecule has 0 saturated carbocycles. The monoisotopic (exact) mass is 326 g/mol. The number of rotatable bonds is 9. The van der Waals surface area contributed by atoms with Gasteiger partial charge in [0.25, 0.3) is 0 Å². The fraction of sp³-hybridized carbons (Fsp3) is 0.588. The van der Waals surface area contributed by atoms with E-state index in [0.29, 0.717) is 24.5 Å². The Labute approximate surface area is 137 Å². The lowest BCUT2D eigenvalue weighted by atomic mass is 10.2. The normalized spacial score (nSPS) is 11.3. The van der Waals surface area contributed by atoms with Gasteiger partial charge in [0.2, 0.25) is 0 Å². The maximum Gasteiger partial charge on any atom is 0.332 e. The van der Waals surface area contributed by atoms with E-state index in [4.69, 9.17) is 15.2 Å². The van der Waals surface area contributed by atoms with Crippen LogP contribution in [-0.2, 0) is 14.3 Å². The molecule has 0 bridgehead atoms. The van der Waals surface area contributed by atoms with Gasteiger partial charge in [-0.25, -0.2) is 9.18 Å². The number of esters is 1. The Bertz CT molecular complexity index is 501. The van der Waals surface area contributed by atoms with Crippen LogP contribution < -0.4 is 11.1 Å². The minimum atomic E-state index is -0.483. The third-order valence-electron chi connectivity index (χ3n) is 2.91. The molecule has 0 heterocycles. The van der Waals surface area contributed by atoms with Gasteiger partial charge in [-0.2, -0.15) is 0 Å². The van der Waals surface area contributed by atoms with E-state index in [9.17, 15) is 9.18 Å². The summed E-state index contributed by atoms with van der Waals surface area (Å²) in [5.41, 5.74) is 5.88. The number of benzene rings is 1. The van der Waals surface area contributed by atoms with Crippen molar-refractivity contribution in [1.29, 1.82) is 0 Å². The summed E-state index contributed by atoms with van der Waals surface area (Å²) in [6.07, 6.45) is 2.66. The van der Waals surface area contributed by atoms with Crippen molar-refractivity contribution in [3.8, 4) is 0 Å². The fourth-order valence-corrected chi connectivity index (χ4v) is 1.93. The Hall–Kier alpha value is -1.82. The number of hydrogen-bond acceptors (Lipinski definition) is 5. The van der Waals surface area contributed by atoms with E-state index in [-0.39, 0.29) is 18.4 Å². The summed E-state index contributed by atoms with van der Waals surface area (Å²) >= 11 is 0. The molecule has 6 heteroatoms. The van der Waals surface area contributed by atoms with Crippen molar-refractivity contribution in [3.05, 3.63) is 24.0 Å². The van der Waals surface area contributed by atoms with Gasteiger partial charge in [-0.1, -0.05) is 0 Å². The summed E-state index contributed by atoms with van der Waals surface area (Å²) in [7, 11) is 0. The zero-order chi connectivity index (χ0) is 17.3. The van der Waals surface area contributed by atoms with E-state index in [1.165, 1.54) is 6.07 Å². The third kappa shape index (κ3) is 9.03. The molecule has 130 valence electrons. The number of nitrogen functional groups attached to an aromatic ring is 1. The highest BCUT2D eigenvalue weighted by Crippen LogP contribution is 2.16. The first-order valence-electron chi connectivity index (χ1n) is 7.86. The van der Waals surface area contributed by atoms with Crippen LogP contribution in [0.15, 0.2) is 18.2 Å². The molecule has 1 aromatic rings. The number of hydrogen-bond donors (Lipinski definition) is 2. The first kappa shape index (κ1) is 19.2. The van der Waals surface area contributed by atoms with Crippen molar-refractivity contribution in [2.24, 2.45) is 0 Å². The minimum absolute atomic E-state index is 0.0217. The van der Waals surface area contributed by atoms with Gasteiger partial charge in [-0.05, 0) is 58.2 Å². The molecule has 0 radical (unpaired) electrons. The van der Waals surface area contributed by atoms with Crippen molar-refractivity contribution in [1.82, 2.24) is 0 Å². The SMILES string of the molecule is CC(C)(C)OC(=O)COCCCCCNc1ccc(N)cc1F. The van der Waals surface area contributed by atoms with Crippen LogP contribution in [0.2, 0.25) is 0 Å². The van der Waals surface area contributed by atoms with Crippen LogP contribution in [-0.4, -0.2) is 31.3 Å². The molecule has 0 spiro atoms. The van der Waals surface area contributed by atoms with Gasteiger partial charge in [-0.15, -0.1) is 0 Å². The number of carbonyl (C=O) groups is 1. The number of halogens is 1. The molecule has 0 aromatic heterocycles. The summed E-state index contributed by atoms with van der Waals surface area (Å²) in [5, 5.41) is 3.03. The number of unbranched alkanes of at least 4 members (excludes halogenated alkanes) is 2. The van der Waals surface area contributed by atoms with Crippen molar-refractivity contribution in [2.45, 2.75) is 45.6 Å². The molecule has 5 nitrogen and oxygen atoms in total. The second-order valence-electron chi connectivity index (χ2n) is 6.37. The molecule has 0 saturated heterocycles. The standard InChI is InChI=1S/C17H27FN2O3/c1-17(2,3)23-16(21)12-22-10-6-4-5-9-20-15-8-7-13(19)11-14(15)18/h7-8,11,20H,4-6,9-10,12,19H2,1-3H3. The second-order valence-corrected chi connectivity index (χ2v) is 6.37. The maximum atomic E-state index is 13.5. The Morgan fingerprint density at radius 3 is 2.65 bits per heavy atom. The van der Waals surface area contributed by atoms with E-state index in [1.54, 1.807) is 12.1 Å². The number of carbonyl (C=O) groups excluding carboxylic acids is 1. The van der Waals surface area contributed by atoms with Crippen LogP contribution in [0.4, 0.5) is 15.8 Å². The average molecular weight is 326 g/mol. The Morgan fingerprint density at radius 2 is 2.00 bits per heavy atom.